The van der Waals surface area contributed by atoms with E-state index in [-0.39, 0.29) is 0 Å². The first-order chi connectivity index (χ1) is 3.84. The molecule has 1 rings (SSSR count). The fraction of sp³-hybridized carbons (Fsp3) is 0.857. The highest BCUT2D eigenvalue weighted by atomic mass is 15.1. The molecule has 0 aromatic heterocycles. The third-order valence-corrected chi connectivity index (χ3v) is 1.94. The second-order valence-corrected chi connectivity index (χ2v) is 2.51. The van der Waals surface area contributed by atoms with Crippen molar-refractivity contribution in [1.82, 2.24) is 4.90 Å². The summed E-state index contributed by atoms with van der Waals surface area (Å²) in [5.41, 5.74) is 0. The van der Waals surface area contributed by atoms with Crippen molar-refractivity contribution in [2.45, 2.75) is 25.3 Å². The van der Waals surface area contributed by atoms with E-state index in [1.807, 2.05) is 0 Å². The van der Waals surface area contributed by atoms with E-state index in [9.17, 15) is 0 Å². The minimum Gasteiger partial charge on any atom is -0.303 e. The first-order valence-corrected chi connectivity index (χ1v) is 3.25. The number of hydrogen-bond acceptors (Lipinski definition) is 1. The van der Waals surface area contributed by atoms with Crippen molar-refractivity contribution < 1.29 is 0 Å². The SMILES string of the molecule is [CH]CC1CCCN1C. The van der Waals surface area contributed by atoms with Crippen LogP contribution in [0.25, 0.3) is 0 Å². The average Bonchev–Trinajstić information content (AvgIpc) is 2.14. The minimum atomic E-state index is 0.676. The molecule has 1 fully saturated rings. The standard InChI is InChI=1S/C7H13N/c1-3-7-5-4-6-8(7)2/h1,7H,3-6H2,2H3. The van der Waals surface area contributed by atoms with Gasteiger partial charge in [-0.2, -0.15) is 0 Å². The highest BCUT2D eigenvalue weighted by Gasteiger charge is 2.17. The maximum Gasteiger partial charge on any atom is 0.00955 e. The van der Waals surface area contributed by atoms with Crippen molar-refractivity contribution >= 4 is 0 Å². The van der Waals surface area contributed by atoms with E-state index in [0.717, 1.165) is 6.42 Å². The van der Waals surface area contributed by atoms with E-state index >= 15 is 0 Å². The molecule has 0 aromatic carbocycles. The largest absolute Gasteiger partial charge is 0.303 e. The normalized spacial score (nSPS) is 31.5. The van der Waals surface area contributed by atoms with E-state index in [1.165, 1.54) is 19.4 Å². The molecule has 1 atom stereocenters. The van der Waals surface area contributed by atoms with Crippen molar-refractivity contribution in [3.63, 3.8) is 0 Å². The molecule has 1 heteroatoms. The van der Waals surface area contributed by atoms with Crippen LogP contribution in [0.5, 0.6) is 0 Å². The molecular formula is C7H13N. The van der Waals surface area contributed by atoms with Gasteiger partial charge < -0.3 is 4.90 Å². The fourth-order valence-corrected chi connectivity index (χ4v) is 1.28. The smallest absolute Gasteiger partial charge is 0.00955 e. The summed E-state index contributed by atoms with van der Waals surface area (Å²) in [4.78, 5) is 2.33. The van der Waals surface area contributed by atoms with E-state index in [2.05, 4.69) is 11.9 Å². The van der Waals surface area contributed by atoms with Crippen molar-refractivity contribution in [3.05, 3.63) is 6.92 Å². The minimum absolute atomic E-state index is 0.676. The van der Waals surface area contributed by atoms with Gasteiger partial charge in [-0.15, -0.1) is 0 Å². The van der Waals surface area contributed by atoms with Crippen molar-refractivity contribution in [2.24, 2.45) is 0 Å². The Bertz CT molecular complexity index is 70.8. The zero-order valence-electron chi connectivity index (χ0n) is 5.43. The molecule has 1 nitrogen and oxygen atoms in total. The molecule has 1 heterocycles. The van der Waals surface area contributed by atoms with Gasteiger partial charge in [-0.25, -0.2) is 0 Å². The van der Waals surface area contributed by atoms with Gasteiger partial charge in [-0.3, -0.25) is 0 Å². The molecule has 2 radical (unpaired) electrons. The van der Waals surface area contributed by atoms with Gasteiger partial charge >= 0.3 is 0 Å². The summed E-state index contributed by atoms with van der Waals surface area (Å²) in [7, 11) is 2.14. The summed E-state index contributed by atoms with van der Waals surface area (Å²) in [6.45, 7) is 6.72. The summed E-state index contributed by atoms with van der Waals surface area (Å²) in [6.07, 6.45) is 3.46. The van der Waals surface area contributed by atoms with Crippen LogP contribution < -0.4 is 0 Å². The van der Waals surface area contributed by atoms with Crippen LogP contribution in [-0.2, 0) is 0 Å². The maximum absolute atomic E-state index is 5.48. The number of rotatable bonds is 1. The molecule has 46 valence electrons. The molecule has 1 saturated heterocycles. The summed E-state index contributed by atoms with van der Waals surface area (Å²) in [5.74, 6) is 0. The van der Waals surface area contributed by atoms with Crippen LogP contribution in [0.1, 0.15) is 19.3 Å². The number of hydrogen-bond donors (Lipinski definition) is 0. The lowest BCUT2D eigenvalue weighted by molar-refractivity contribution is 0.312. The third-order valence-electron chi connectivity index (χ3n) is 1.94. The molecule has 1 aliphatic heterocycles. The molecule has 1 aliphatic rings. The Hall–Kier alpha value is -0.0400. The molecule has 0 spiro atoms. The van der Waals surface area contributed by atoms with Crippen LogP contribution in [-0.4, -0.2) is 24.5 Å². The molecule has 1 unspecified atom stereocenters. The van der Waals surface area contributed by atoms with Gasteiger partial charge in [0.2, 0.25) is 0 Å². The lowest BCUT2D eigenvalue weighted by atomic mass is 10.2. The highest BCUT2D eigenvalue weighted by Crippen LogP contribution is 2.16. The summed E-state index contributed by atoms with van der Waals surface area (Å²) < 4.78 is 0. The van der Waals surface area contributed by atoms with Gasteiger partial charge in [0.15, 0.2) is 0 Å². The molecule has 0 saturated carbocycles. The molecule has 0 aliphatic carbocycles. The Morgan fingerprint density at radius 3 is 2.75 bits per heavy atom. The Labute approximate surface area is 51.7 Å². The van der Waals surface area contributed by atoms with Crippen LogP contribution in [0, 0.1) is 6.92 Å². The summed E-state index contributed by atoms with van der Waals surface area (Å²) in [5, 5.41) is 0. The molecule has 0 amide bonds. The van der Waals surface area contributed by atoms with Crippen molar-refractivity contribution in [2.75, 3.05) is 13.6 Å². The Kier molecular flexibility index (Phi) is 1.90. The highest BCUT2D eigenvalue weighted by molar-refractivity contribution is 4.76. The Morgan fingerprint density at radius 1 is 1.75 bits per heavy atom. The molecular weight excluding hydrogens is 98.1 g/mol. The predicted octanol–water partition coefficient (Wildman–Crippen LogP) is 1.18. The molecule has 8 heavy (non-hydrogen) atoms. The van der Waals surface area contributed by atoms with Crippen LogP contribution in [0.3, 0.4) is 0 Å². The van der Waals surface area contributed by atoms with Gasteiger partial charge in [-0.1, -0.05) is 0 Å². The topological polar surface area (TPSA) is 3.24 Å². The Balaban J connectivity index is 2.30. The van der Waals surface area contributed by atoms with Crippen LogP contribution >= 0.6 is 0 Å². The number of nitrogens with zero attached hydrogens (tertiary/aromatic N) is 1. The van der Waals surface area contributed by atoms with Gasteiger partial charge in [0.25, 0.3) is 0 Å². The van der Waals surface area contributed by atoms with Crippen LogP contribution in [0.2, 0.25) is 0 Å². The number of likely N-dealkylation sites (tertiary alicyclic amines) is 1. The van der Waals surface area contributed by atoms with Crippen LogP contribution in [0.4, 0.5) is 0 Å². The van der Waals surface area contributed by atoms with Gasteiger partial charge in [0, 0.05) is 6.04 Å². The van der Waals surface area contributed by atoms with Crippen molar-refractivity contribution in [1.29, 1.82) is 0 Å². The van der Waals surface area contributed by atoms with Gasteiger partial charge in [0.1, 0.15) is 0 Å². The monoisotopic (exact) mass is 111 g/mol. The fourth-order valence-electron chi connectivity index (χ4n) is 1.28. The average molecular weight is 111 g/mol. The Morgan fingerprint density at radius 2 is 2.50 bits per heavy atom. The summed E-state index contributed by atoms with van der Waals surface area (Å²) in [6, 6.07) is 0.676. The maximum atomic E-state index is 5.48. The zero-order valence-corrected chi connectivity index (χ0v) is 5.43. The van der Waals surface area contributed by atoms with Gasteiger partial charge in [-0.05, 0) is 39.8 Å². The van der Waals surface area contributed by atoms with Crippen LogP contribution in [0.15, 0.2) is 0 Å². The molecule has 0 bridgehead atoms. The van der Waals surface area contributed by atoms with E-state index in [0.29, 0.717) is 6.04 Å². The zero-order chi connectivity index (χ0) is 5.98. The second kappa shape index (κ2) is 2.49. The van der Waals surface area contributed by atoms with E-state index < -0.39 is 0 Å². The lowest BCUT2D eigenvalue weighted by Crippen LogP contribution is -2.23. The third kappa shape index (κ3) is 1.03. The van der Waals surface area contributed by atoms with Gasteiger partial charge in [0.05, 0.1) is 0 Å². The second-order valence-electron chi connectivity index (χ2n) is 2.51. The quantitative estimate of drug-likeness (QED) is 0.491. The van der Waals surface area contributed by atoms with E-state index in [1.54, 1.807) is 0 Å². The van der Waals surface area contributed by atoms with Crippen molar-refractivity contribution in [3.8, 4) is 0 Å². The molecule has 0 N–H and O–H groups in total. The first-order valence-electron chi connectivity index (χ1n) is 3.25. The first kappa shape index (κ1) is 6.09. The predicted molar refractivity (Wildman–Crippen MR) is 34.6 cm³/mol. The molecule has 0 aromatic rings. The van der Waals surface area contributed by atoms with E-state index in [4.69, 9.17) is 6.92 Å². The lowest BCUT2D eigenvalue weighted by Gasteiger charge is -2.15. The summed E-state index contributed by atoms with van der Waals surface area (Å²) >= 11 is 0.